The third-order valence-electron chi connectivity index (χ3n) is 5.44. The van der Waals surface area contributed by atoms with E-state index in [4.69, 9.17) is 9.47 Å². The van der Waals surface area contributed by atoms with Gasteiger partial charge in [0, 0.05) is 37.7 Å². The molecule has 0 aliphatic carbocycles. The molecule has 146 valence electrons. The highest BCUT2D eigenvalue weighted by Crippen LogP contribution is 2.36. The van der Waals surface area contributed by atoms with Crippen LogP contribution in [0.5, 0.6) is 11.5 Å². The molecule has 1 saturated heterocycles. The van der Waals surface area contributed by atoms with Crippen molar-refractivity contribution in [1.82, 2.24) is 20.1 Å². The zero-order valence-electron chi connectivity index (χ0n) is 15.4. The van der Waals surface area contributed by atoms with Gasteiger partial charge in [-0.2, -0.15) is 0 Å². The summed E-state index contributed by atoms with van der Waals surface area (Å²) < 4.78 is 13.2. The molecule has 0 bridgehead atoms. The molecule has 1 aromatic carbocycles. The number of hydrogen-bond acceptors (Lipinski definition) is 6. The van der Waals surface area contributed by atoms with Crippen molar-refractivity contribution in [3.05, 3.63) is 29.8 Å². The minimum absolute atomic E-state index is 0.0693. The summed E-state index contributed by atoms with van der Waals surface area (Å²) in [6.45, 7) is 2.59. The third-order valence-corrected chi connectivity index (χ3v) is 5.44. The monoisotopic (exact) mass is 383 g/mol. The Morgan fingerprint density at radius 2 is 2.07 bits per heavy atom. The van der Waals surface area contributed by atoms with Gasteiger partial charge in [0.2, 0.25) is 11.8 Å². The maximum absolute atomic E-state index is 12.6. The number of anilines is 1. The predicted octanol–water partition coefficient (Wildman–Crippen LogP) is 0.665. The van der Waals surface area contributed by atoms with Gasteiger partial charge < -0.3 is 24.3 Å². The van der Waals surface area contributed by atoms with Crippen LogP contribution in [0.25, 0.3) is 0 Å². The molecule has 1 atom stereocenters. The summed E-state index contributed by atoms with van der Waals surface area (Å²) in [6, 6.07) is 5.42. The van der Waals surface area contributed by atoms with Crippen LogP contribution in [-0.2, 0) is 29.1 Å². The molecule has 4 heterocycles. The van der Waals surface area contributed by atoms with Gasteiger partial charge in [-0.3, -0.25) is 9.59 Å². The maximum atomic E-state index is 12.6. The van der Waals surface area contributed by atoms with Crippen LogP contribution >= 0.6 is 0 Å². The molecular formula is C19H21N5O4. The second kappa shape index (κ2) is 6.81. The zero-order valence-corrected chi connectivity index (χ0v) is 15.4. The van der Waals surface area contributed by atoms with E-state index in [0.29, 0.717) is 37.8 Å². The standard InChI is InChI=1S/C19H21N5O4/c25-18-8-12(19(26)20-10-17-22-21-16-2-1-5-23(16)17)11-24(18)13-3-4-14-15(9-13)28-7-6-27-14/h3-4,9,12H,1-2,5-8,10-11H2,(H,20,26)/t12-/m0/s1. The first kappa shape index (κ1) is 17.0. The Morgan fingerprint density at radius 1 is 1.21 bits per heavy atom. The highest BCUT2D eigenvalue weighted by atomic mass is 16.6. The first-order valence-corrected chi connectivity index (χ1v) is 9.58. The Balaban J connectivity index is 1.24. The molecule has 0 spiro atoms. The minimum atomic E-state index is -0.387. The van der Waals surface area contributed by atoms with Crippen LogP contribution in [-0.4, -0.2) is 46.3 Å². The van der Waals surface area contributed by atoms with Crippen molar-refractivity contribution in [2.45, 2.75) is 32.4 Å². The summed E-state index contributed by atoms with van der Waals surface area (Å²) in [6.07, 6.45) is 2.19. The maximum Gasteiger partial charge on any atom is 0.227 e. The summed E-state index contributed by atoms with van der Waals surface area (Å²) in [5.74, 6) is 2.46. The van der Waals surface area contributed by atoms with Crippen LogP contribution in [0, 0.1) is 5.92 Å². The molecule has 3 aliphatic rings. The van der Waals surface area contributed by atoms with Crippen molar-refractivity contribution >= 4 is 17.5 Å². The average Bonchev–Trinajstić information content (AvgIpc) is 3.42. The van der Waals surface area contributed by atoms with E-state index in [1.54, 1.807) is 17.0 Å². The van der Waals surface area contributed by atoms with Gasteiger partial charge in [0.1, 0.15) is 19.0 Å². The van der Waals surface area contributed by atoms with E-state index in [-0.39, 0.29) is 24.2 Å². The fourth-order valence-corrected chi connectivity index (χ4v) is 3.98. The van der Waals surface area contributed by atoms with E-state index in [1.165, 1.54) is 0 Å². The van der Waals surface area contributed by atoms with Crippen molar-refractivity contribution < 1.29 is 19.1 Å². The number of aromatic nitrogens is 3. The number of hydrogen-bond donors (Lipinski definition) is 1. The number of nitrogens with zero attached hydrogens (tertiary/aromatic N) is 4. The van der Waals surface area contributed by atoms with E-state index >= 15 is 0 Å². The lowest BCUT2D eigenvalue weighted by Crippen LogP contribution is -2.33. The number of amides is 2. The van der Waals surface area contributed by atoms with Crippen LogP contribution in [0.3, 0.4) is 0 Å². The van der Waals surface area contributed by atoms with Crippen molar-refractivity contribution in [1.29, 1.82) is 0 Å². The Labute approximate surface area is 161 Å². The number of ether oxygens (including phenoxy) is 2. The first-order chi connectivity index (χ1) is 13.7. The quantitative estimate of drug-likeness (QED) is 0.833. The van der Waals surface area contributed by atoms with E-state index in [9.17, 15) is 9.59 Å². The van der Waals surface area contributed by atoms with Gasteiger partial charge in [0.15, 0.2) is 17.3 Å². The molecule has 0 saturated carbocycles. The Hall–Kier alpha value is -3.10. The predicted molar refractivity (Wildman–Crippen MR) is 98.1 cm³/mol. The molecule has 0 unspecified atom stereocenters. The SMILES string of the molecule is O=C(NCc1nnc2n1CCC2)[C@H]1CC(=O)N(c2ccc3c(c2)OCCO3)C1. The summed E-state index contributed by atoms with van der Waals surface area (Å²) in [5, 5.41) is 11.2. The Kier molecular flexibility index (Phi) is 4.14. The minimum Gasteiger partial charge on any atom is -0.486 e. The van der Waals surface area contributed by atoms with Gasteiger partial charge in [-0.25, -0.2) is 0 Å². The Morgan fingerprint density at radius 3 is 2.96 bits per heavy atom. The molecular weight excluding hydrogens is 362 g/mol. The summed E-state index contributed by atoms with van der Waals surface area (Å²) in [7, 11) is 0. The van der Waals surface area contributed by atoms with Gasteiger partial charge >= 0.3 is 0 Å². The van der Waals surface area contributed by atoms with E-state index in [1.807, 2.05) is 6.07 Å². The number of aryl methyl sites for hydroxylation is 1. The third kappa shape index (κ3) is 2.96. The van der Waals surface area contributed by atoms with Crippen LogP contribution in [0.15, 0.2) is 18.2 Å². The van der Waals surface area contributed by atoms with Gasteiger partial charge in [-0.1, -0.05) is 0 Å². The van der Waals surface area contributed by atoms with Crippen LogP contribution in [0.2, 0.25) is 0 Å². The highest BCUT2D eigenvalue weighted by Gasteiger charge is 2.35. The molecule has 1 fully saturated rings. The smallest absolute Gasteiger partial charge is 0.227 e. The second-order valence-electron chi connectivity index (χ2n) is 7.24. The topological polar surface area (TPSA) is 98.6 Å². The number of carbonyl (C=O) groups is 2. The second-order valence-corrected chi connectivity index (χ2v) is 7.24. The van der Waals surface area contributed by atoms with Gasteiger partial charge in [0.25, 0.3) is 0 Å². The number of nitrogens with one attached hydrogen (secondary N) is 1. The molecule has 2 amide bonds. The Bertz CT molecular complexity index is 940. The number of carbonyl (C=O) groups excluding carboxylic acids is 2. The summed E-state index contributed by atoms with van der Waals surface area (Å²) in [5.41, 5.74) is 0.722. The molecule has 5 rings (SSSR count). The van der Waals surface area contributed by atoms with E-state index < -0.39 is 0 Å². The molecule has 28 heavy (non-hydrogen) atoms. The molecule has 9 heteroatoms. The van der Waals surface area contributed by atoms with Crippen molar-refractivity contribution in [2.24, 2.45) is 5.92 Å². The van der Waals surface area contributed by atoms with Crippen molar-refractivity contribution in [2.75, 3.05) is 24.7 Å². The van der Waals surface area contributed by atoms with Crippen molar-refractivity contribution in [3.8, 4) is 11.5 Å². The zero-order chi connectivity index (χ0) is 19.1. The highest BCUT2D eigenvalue weighted by molar-refractivity contribution is 6.00. The number of rotatable bonds is 4. The number of fused-ring (bicyclic) bond motifs is 2. The van der Waals surface area contributed by atoms with Crippen LogP contribution in [0.4, 0.5) is 5.69 Å². The molecule has 0 radical (unpaired) electrons. The summed E-state index contributed by atoms with van der Waals surface area (Å²) >= 11 is 0. The molecule has 9 nitrogen and oxygen atoms in total. The fraction of sp³-hybridized carbons (Fsp3) is 0.474. The van der Waals surface area contributed by atoms with Gasteiger partial charge in [-0.05, 0) is 18.6 Å². The normalized spacial score (nSPS) is 20.4. The summed E-state index contributed by atoms with van der Waals surface area (Å²) in [4.78, 5) is 26.7. The lowest BCUT2D eigenvalue weighted by Gasteiger charge is -2.22. The van der Waals surface area contributed by atoms with Gasteiger partial charge in [-0.15, -0.1) is 10.2 Å². The first-order valence-electron chi connectivity index (χ1n) is 9.58. The lowest BCUT2D eigenvalue weighted by atomic mass is 10.1. The van der Waals surface area contributed by atoms with Crippen LogP contribution in [0.1, 0.15) is 24.5 Å². The molecule has 2 aromatic rings. The van der Waals surface area contributed by atoms with E-state index in [2.05, 4.69) is 20.1 Å². The molecule has 3 aliphatic heterocycles. The molecule has 1 aromatic heterocycles. The fourth-order valence-electron chi connectivity index (χ4n) is 3.98. The lowest BCUT2D eigenvalue weighted by molar-refractivity contribution is -0.126. The molecule has 1 N–H and O–H groups in total. The average molecular weight is 383 g/mol. The van der Waals surface area contributed by atoms with Crippen LogP contribution < -0.4 is 19.7 Å². The van der Waals surface area contributed by atoms with Crippen molar-refractivity contribution in [3.63, 3.8) is 0 Å². The number of benzene rings is 1. The largest absolute Gasteiger partial charge is 0.486 e. The van der Waals surface area contributed by atoms with E-state index in [0.717, 1.165) is 36.7 Å². The van der Waals surface area contributed by atoms with Gasteiger partial charge in [0.05, 0.1) is 12.5 Å².